The number of rotatable bonds is 4. The molecule has 8 heteroatoms. The average Bonchev–Trinajstić information content (AvgIpc) is 2.77. The van der Waals surface area contributed by atoms with Gasteiger partial charge in [0.2, 0.25) is 0 Å². The summed E-state index contributed by atoms with van der Waals surface area (Å²) < 4.78 is 5.13. The number of benzene rings is 2. The molecule has 0 aliphatic heterocycles. The molecule has 1 atom stereocenters. The molecule has 154 valence electrons. The first kappa shape index (κ1) is 20.1. The van der Waals surface area contributed by atoms with Crippen molar-refractivity contribution in [3.05, 3.63) is 88.5 Å². The summed E-state index contributed by atoms with van der Waals surface area (Å²) in [4.78, 5) is 57.9. The van der Waals surface area contributed by atoms with Gasteiger partial charge in [0.25, 0.3) is 5.91 Å². The van der Waals surface area contributed by atoms with E-state index in [0.717, 1.165) is 0 Å². The third kappa shape index (κ3) is 3.83. The number of aromatic nitrogens is 2. The molecule has 31 heavy (non-hydrogen) atoms. The van der Waals surface area contributed by atoms with E-state index in [9.17, 15) is 19.2 Å². The Morgan fingerprint density at radius 1 is 0.903 bits per heavy atom. The molecule has 0 saturated carbocycles. The van der Waals surface area contributed by atoms with E-state index in [-0.39, 0.29) is 28.4 Å². The van der Waals surface area contributed by atoms with Gasteiger partial charge >= 0.3 is 5.97 Å². The van der Waals surface area contributed by atoms with Crippen LogP contribution in [-0.2, 0) is 9.53 Å². The quantitative estimate of drug-likeness (QED) is 0.510. The predicted molar refractivity (Wildman–Crippen MR) is 110 cm³/mol. The SMILES string of the molecule is Cc1cnc(C(=O)O[C@@H](C)C(=O)Nc2ccc3c(c2)C(=O)c2ccccc2C3=O)cn1. The van der Waals surface area contributed by atoms with Gasteiger partial charge in [0.1, 0.15) is 0 Å². The van der Waals surface area contributed by atoms with Crippen LogP contribution in [0.25, 0.3) is 0 Å². The number of hydrogen-bond donors (Lipinski definition) is 1. The van der Waals surface area contributed by atoms with Crippen LogP contribution in [-0.4, -0.2) is 39.5 Å². The Kier molecular flexibility index (Phi) is 5.12. The van der Waals surface area contributed by atoms with E-state index in [4.69, 9.17) is 4.74 Å². The maximum absolute atomic E-state index is 12.8. The number of amides is 1. The molecule has 0 spiro atoms. The Morgan fingerprint density at radius 3 is 2.19 bits per heavy atom. The Hall–Kier alpha value is -4.20. The Bertz CT molecular complexity index is 1230. The minimum Gasteiger partial charge on any atom is -0.448 e. The van der Waals surface area contributed by atoms with E-state index in [1.807, 2.05) is 0 Å². The highest BCUT2D eigenvalue weighted by Crippen LogP contribution is 2.29. The number of ketones is 2. The van der Waals surface area contributed by atoms with E-state index in [1.165, 1.54) is 37.5 Å². The molecule has 0 saturated heterocycles. The zero-order chi connectivity index (χ0) is 22.1. The number of carbonyl (C=O) groups is 4. The fraction of sp³-hybridized carbons (Fsp3) is 0.130. The van der Waals surface area contributed by atoms with Crippen LogP contribution in [0.4, 0.5) is 5.69 Å². The lowest BCUT2D eigenvalue weighted by Crippen LogP contribution is -2.30. The summed E-state index contributed by atoms with van der Waals surface area (Å²) in [5, 5.41) is 2.60. The van der Waals surface area contributed by atoms with Gasteiger partial charge in [-0.1, -0.05) is 24.3 Å². The number of hydrogen-bond acceptors (Lipinski definition) is 7. The maximum Gasteiger partial charge on any atom is 0.359 e. The summed E-state index contributed by atoms with van der Waals surface area (Å²) in [6.07, 6.45) is 1.57. The number of aryl methyl sites for hydroxylation is 1. The first-order valence-electron chi connectivity index (χ1n) is 9.48. The normalized spacial score (nSPS) is 13.1. The summed E-state index contributed by atoms with van der Waals surface area (Å²) >= 11 is 0. The Morgan fingerprint density at radius 2 is 1.55 bits per heavy atom. The predicted octanol–water partition coefficient (Wildman–Crippen LogP) is 2.74. The number of fused-ring (bicyclic) bond motifs is 2. The van der Waals surface area contributed by atoms with Gasteiger partial charge in [-0.2, -0.15) is 0 Å². The summed E-state index contributed by atoms with van der Waals surface area (Å²) in [7, 11) is 0. The van der Waals surface area contributed by atoms with E-state index in [0.29, 0.717) is 22.5 Å². The zero-order valence-electron chi connectivity index (χ0n) is 16.7. The van der Waals surface area contributed by atoms with Gasteiger partial charge in [0.05, 0.1) is 11.9 Å². The molecule has 3 aromatic rings. The molecule has 0 fully saturated rings. The highest BCUT2D eigenvalue weighted by atomic mass is 16.5. The monoisotopic (exact) mass is 415 g/mol. The molecule has 0 unspecified atom stereocenters. The highest BCUT2D eigenvalue weighted by Gasteiger charge is 2.29. The summed E-state index contributed by atoms with van der Waals surface area (Å²) in [6, 6.07) is 11.1. The van der Waals surface area contributed by atoms with Crippen molar-refractivity contribution < 1.29 is 23.9 Å². The topological polar surface area (TPSA) is 115 Å². The molecule has 2 aromatic carbocycles. The second kappa shape index (κ2) is 7.91. The largest absolute Gasteiger partial charge is 0.448 e. The van der Waals surface area contributed by atoms with Gasteiger partial charge in [0.15, 0.2) is 23.4 Å². The van der Waals surface area contributed by atoms with Crippen LogP contribution in [0, 0.1) is 6.92 Å². The van der Waals surface area contributed by atoms with Crippen molar-refractivity contribution in [1.29, 1.82) is 0 Å². The van der Waals surface area contributed by atoms with E-state index >= 15 is 0 Å². The van der Waals surface area contributed by atoms with Crippen molar-refractivity contribution in [2.24, 2.45) is 0 Å². The number of ether oxygens (including phenoxy) is 1. The molecule has 1 N–H and O–H groups in total. The fourth-order valence-electron chi connectivity index (χ4n) is 3.19. The van der Waals surface area contributed by atoms with Crippen LogP contribution in [0.3, 0.4) is 0 Å². The fourth-order valence-corrected chi connectivity index (χ4v) is 3.19. The molecular formula is C23H17N3O5. The molecule has 4 rings (SSSR count). The van der Waals surface area contributed by atoms with Crippen LogP contribution in [0.1, 0.15) is 54.9 Å². The minimum absolute atomic E-state index is 0.0122. The molecule has 1 amide bonds. The van der Waals surface area contributed by atoms with Gasteiger partial charge in [-0.25, -0.2) is 9.78 Å². The smallest absolute Gasteiger partial charge is 0.359 e. The molecule has 1 aromatic heterocycles. The second-order valence-electron chi connectivity index (χ2n) is 7.04. The van der Waals surface area contributed by atoms with E-state index in [2.05, 4.69) is 15.3 Å². The summed E-state index contributed by atoms with van der Waals surface area (Å²) in [5.41, 5.74) is 2.11. The standard InChI is InChI=1S/C23H17N3O5/c1-12-10-25-19(11-24-12)23(30)31-13(2)22(29)26-14-7-8-17-18(9-14)21(28)16-6-4-3-5-15(16)20(17)27/h3-11,13H,1-2H3,(H,26,29)/t13-/m0/s1. The minimum atomic E-state index is -1.12. The van der Waals surface area contributed by atoms with Crippen molar-refractivity contribution in [2.75, 3.05) is 5.32 Å². The van der Waals surface area contributed by atoms with Crippen molar-refractivity contribution in [1.82, 2.24) is 9.97 Å². The molecule has 8 nitrogen and oxygen atoms in total. The number of esters is 1. The molecule has 0 radical (unpaired) electrons. The van der Waals surface area contributed by atoms with Crippen LogP contribution >= 0.6 is 0 Å². The number of nitrogens with zero attached hydrogens (tertiary/aromatic N) is 2. The number of carbonyl (C=O) groups excluding carboxylic acids is 4. The lowest BCUT2D eigenvalue weighted by Gasteiger charge is -2.19. The maximum atomic E-state index is 12.8. The van der Waals surface area contributed by atoms with Gasteiger partial charge in [0, 0.05) is 34.1 Å². The summed E-state index contributed by atoms with van der Waals surface area (Å²) in [6.45, 7) is 3.14. The van der Waals surface area contributed by atoms with Gasteiger partial charge < -0.3 is 10.1 Å². The third-order valence-corrected chi connectivity index (χ3v) is 4.84. The lowest BCUT2D eigenvalue weighted by molar-refractivity contribution is -0.123. The first-order chi connectivity index (χ1) is 14.8. The Labute approximate surface area is 177 Å². The van der Waals surface area contributed by atoms with E-state index < -0.39 is 18.0 Å². The first-order valence-corrected chi connectivity index (χ1v) is 9.48. The van der Waals surface area contributed by atoms with Crippen LogP contribution in [0.15, 0.2) is 54.9 Å². The highest BCUT2D eigenvalue weighted by molar-refractivity contribution is 6.28. The molecule has 1 aliphatic carbocycles. The van der Waals surface area contributed by atoms with Crippen molar-refractivity contribution in [3.63, 3.8) is 0 Å². The summed E-state index contributed by atoms with van der Waals surface area (Å²) in [5.74, 6) is -1.91. The van der Waals surface area contributed by atoms with E-state index in [1.54, 1.807) is 31.2 Å². The van der Waals surface area contributed by atoms with Crippen molar-refractivity contribution >= 4 is 29.1 Å². The van der Waals surface area contributed by atoms with Gasteiger partial charge in [-0.15, -0.1) is 0 Å². The van der Waals surface area contributed by atoms with Gasteiger partial charge in [-0.3, -0.25) is 19.4 Å². The second-order valence-corrected chi connectivity index (χ2v) is 7.04. The molecule has 1 aliphatic rings. The van der Waals surface area contributed by atoms with Crippen molar-refractivity contribution in [3.8, 4) is 0 Å². The Balaban J connectivity index is 1.49. The molecule has 1 heterocycles. The molecule has 0 bridgehead atoms. The van der Waals surface area contributed by atoms with Crippen LogP contribution in [0.2, 0.25) is 0 Å². The average molecular weight is 415 g/mol. The lowest BCUT2D eigenvalue weighted by atomic mass is 9.84. The number of anilines is 1. The van der Waals surface area contributed by atoms with Crippen LogP contribution in [0.5, 0.6) is 0 Å². The van der Waals surface area contributed by atoms with Crippen molar-refractivity contribution in [2.45, 2.75) is 20.0 Å². The van der Waals surface area contributed by atoms with Gasteiger partial charge in [-0.05, 0) is 32.0 Å². The zero-order valence-corrected chi connectivity index (χ0v) is 16.7. The molecular weight excluding hydrogens is 398 g/mol. The number of nitrogens with one attached hydrogen (secondary N) is 1. The third-order valence-electron chi connectivity index (χ3n) is 4.84. The van der Waals surface area contributed by atoms with Crippen LogP contribution < -0.4 is 5.32 Å².